The van der Waals surface area contributed by atoms with Crippen molar-refractivity contribution in [1.29, 1.82) is 0 Å². The molecule has 1 amide bonds. The molecule has 0 aliphatic carbocycles. The van der Waals surface area contributed by atoms with Crippen LogP contribution in [0.2, 0.25) is 0 Å². The Hall–Kier alpha value is -1.88. The molecule has 2 N–H and O–H groups in total. The summed E-state index contributed by atoms with van der Waals surface area (Å²) in [6, 6.07) is 7.93. The Morgan fingerprint density at radius 2 is 2.10 bits per heavy atom. The van der Waals surface area contributed by atoms with E-state index in [1.807, 2.05) is 38.1 Å². The van der Waals surface area contributed by atoms with Crippen molar-refractivity contribution in [3.8, 4) is 0 Å². The maximum atomic E-state index is 12.8. The lowest BCUT2D eigenvalue weighted by Crippen LogP contribution is -2.45. The van der Waals surface area contributed by atoms with Gasteiger partial charge in [-0.05, 0) is 25.0 Å². The number of rotatable bonds is 5. The molecule has 1 aromatic rings. The molecule has 1 atom stereocenters. The summed E-state index contributed by atoms with van der Waals surface area (Å²) in [7, 11) is 0. The number of carboxylic acids is 1. The minimum absolute atomic E-state index is 0.00546. The summed E-state index contributed by atoms with van der Waals surface area (Å²) in [5.41, 5.74) is 2.20. The molecular weight excluding hydrogens is 268 g/mol. The SMILES string of the molecule is CC(C)N(CCC(=O)O)C(=O)C1CNCc2ccccc21. The molecule has 5 heteroatoms. The second-order valence-electron chi connectivity index (χ2n) is 5.65. The highest BCUT2D eigenvalue weighted by Gasteiger charge is 2.30. The first kappa shape index (κ1) is 15.5. The van der Waals surface area contributed by atoms with E-state index in [-0.39, 0.29) is 30.8 Å². The zero-order valence-electron chi connectivity index (χ0n) is 12.5. The predicted octanol–water partition coefficient (Wildman–Crippen LogP) is 1.59. The number of carbonyl (C=O) groups is 2. The molecule has 2 rings (SSSR count). The van der Waals surface area contributed by atoms with Gasteiger partial charge >= 0.3 is 5.97 Å². The molecule has 1 aliphatic rings. The van der Waals surface area contributed by atoms with Crippen LogP contribution < -0.4 is 5.32 Å². The van der Waals surface area contributed by atoms with Crippen LogP contribution in [0.3, 0.4) is 0 Å². The fourth-order valence-corrected chi connectivity index (χ4v) is 2.76. The molecule has 114 valence electrons. The van der Waals surface area contributed by atoms with Gasteiger partial charge in [-0.2, -0.15) is 0 Å². The van der Waals surface area contributed by atoms with Crippen LogP contribution in [0.4, 0.5) is 0 Å². The molecule has 0 radical (unpaired) electrons. The summed E-state index contributed by atoms with van der Waals surface area (Å²) in [6.07, 6.45) is -0.0221. The third-order valence-corrected chi connectivity index (χ3v) is 3.87. The van der Waals surface area contributed by atoms with Crippen molar-refractivity contribution < 1.29 is 14.7 Å². The van der Waals surface area contributed by atoms with Gasteiger partial charge in [0.15, 0.2) is 0 Å². The van der Waals surface area contributed by atoms with Crippen LogP contribution in [0.15, 0.2) is 24.3 Å². The summed E-state index contributed by atoms with van der Waals surface area (Å²) < 4.78 is 0. The Balaban J connectivity index is 2.19. The Morgan fingerprint density at radius 3 is 2.76 bits per heavy atom. The van der Waals surface area contributed by atoms with E-state index in [1.54, 1.807) is 4.90 Å². The smallest absolute Gasteiger partial charge is 0.305 e. The molecule has 0 fully saturated rings. The molecule has 21 heavy (non-hydrogen) atoms. The number of aliphatic carboxylic acids is 1. The average Bonchev–Trinajstić information content (AvgIpc) is 2.46. The van der Waals surface area contributed by atoms with E-state index in [9.17, 15) is 9.59 Å². The zero-order valence-corrected chi connectivity index (χ0v) is 12.5. The molecule has 1 heterocycles. The molecule has 0 saturated carbocycles. The third-order valence-electron chi connectivity index (χ3n) is 3.87. The number of nitrogens with one attached hydrogen (secondary N) is 1. The van der Waals surface area contributed by atoms with Crippen LogP contribution in [0, 0.1) is 0 Å². The lowest BCUT2D eigenvalue weighted by Gasteiger charge is -2.33. The summed E-state index contributed by atoms with van der Waals surface area (Å²) in [4.78, 5) is 25.3. The van der Waals surface area contributed by atoms with E-state index < -0.39 is 5.97 Å². The Kier molecular flexibility index (Phi) is 4.96. The zero-order chi connectivity index (χ0) is 15.4. The molecule has 5 nitrogen and oxygen atoms in total. The molecule has 1 aliphatic heterocycles. The van der Waals surface area contributed by atoms with Gasteiger partial charge < -0.3 is 15.3 Å². The van der Waals surface area contributed by atoms with Crippen LogP contribution in [-0.2, 0) is 16.1 Å². The number of hydrogen-bond donors (Lipinski definition) is 2. The standard InChI is InChI=1S/C16H22N2O3/c1-11(2)18(8-7-15(19)20)16(21)14-10-17-9-12-5-3-4-6-13(12)14/h3-6,11,14,17H,7-10H2,1-2H3,(H,19,20). The highest BCUT2D eigenvalue weighted by atomic mass is 16.4. The first-order chi connectivity index (χ1) is 10.0. The van der Waals surface area contributed by atoms with E-state index in [4.69, 9.17) is 5.11 Å². The van der Waals surface area contributed by atoms with Crippen molar-refractivity contribution in [1.82, 2.24) is 10.2 Å². The van der Waals surface area contributed by atoms with Crippen LogP contribution >= 0.6 is 0 Å². The normalized spacial score (nSPS) is 17.4. The van der Waals surface area contributed by atoms with Crippen molar-refractivity contribution in [2.45, 2.75) is 38.8 Å². The van der Waals surface area contributed by atoms with Gasteiger partial charge in [-0.25, -0.2) is 0 Å². The van der Waals surface area contributed by atoms with Crippen LogP contribution in [0.5, 0.6) is 0 Å². The van der Waals surface area contributed by atoms with E-state index in [2.05, 4.69) is 5.32 Å². The fourth-order valence-electron chi connectivity index (χ4n) is 2.76. The average molecular weight is 290 g/mol. The van der Waals surface area contributed by atoms with E-state index in [0.717, 1.165) is 17.7 Å². The maximum absolute atomic E-state index is 12.8. The first-order valence-electron chi connectivity index (χ1n) is 7.31. The number of benzene rings is 1. The Morgan fingerprint density at radius 1 is 1.38 bits per heavy atom. The van der Waals surface area contributed by atoms with Crippen LogP contribution in [-0.4, -0.2) is 41.0 Å². The molecule has 0 aromatic heterocycles. The molecule has 0 saturated heterocycles. The molecule has 1 aromatic carbocycles. The number of carboxylic acid groups (broad SMARTS) is 1. The monoisotopic (exact) mass is 290 g/mol. The largest absolute Gasteiger partial charge is 0.481 e. The van der Waals surface area contributed by atoms with Gasteiger partial charge in [0.2, 0.25) is 5.91 Å². The van der Waals surface area contributed by atoms with Gasteiger partial charge in [0.05, 0.1) is 12.3 Å². The number of fused-ring (bicyclic) bond motifs is 1. The van der Waals surface area contributed by atoms with Gasteiger partial charge in [0.25, 0.3) is 0 Å². The van der Waals surface area contributed by atoms with Gasteiger partial charge in [0, 0.05) is 25.7 Å². The number of hydrogen-bond acceptors (Lipinski definition) is 3. The quantitative estimate of drug-likeness (QED) is 0.864. The van der Waals surface area contributed by atoms with E-state index in [1.165, 1.54) is 0 Å². The Labute approximate surface area is 125 Å². The van der Waals surface area contributed by atoms with Crippen molar-refractivity contribution in [2.24, 2.45) is 0 Å². The molecular formula is C16H22N2O3. The van der Waals surface area contributed by atoms with Gasteiger partial charge in [-0.1, -0.05) is 24.3 Å². The number of carbonyl (C=O) groups excluding carboxylic acids is 1. The summed E-state index contributed by atoms with van der Waals surface area (Å²) >= 11 is 0. The van der Waals surface area contributed by atoms with Gasteiger partial charge in [-0.3, -0.25) is 9.59 Å². The number of amides is 1. The van der Waals surface area contributed by atoms with Gasteiger partial charge in [0.1, 0.15) is 0 Å². The topological polar surface area (TPSA) is 69.6 Å². The highest BCUT2D eigenvalue weighted by molar-refractivity contribution is 5.85. The summed E-state index contributed by atoms with van der Waals surface area (Å²) in [6.45, 7) is 5.47. The first-order valence-corrected chi connectivity index (χ1v) is 7.31. The lowest BCUT2D eigenvalue weighted by molar-refractivity contribution is -0.139. The summed E-state index contributed by atoms with van der Waals surface area (Å²) in [5, 5.41) is 12.1. The maximum Gasteiger partial charge on any atom is 0.305 e. The van der Waals surface area contributed by atoms with E-state index >= 15 is 0 Å². The molecule has 1 unspecified atom stereocenters. The van der Waals surface area contributed by atoms with Crippen molar-refractivity contribution in [2.75, 3.05) is 13.1 Å². The van der Waals surface area contributed by atoms with Crippen LogP contribution in [0.1, 0.15) is 37.3 Å². The van der Waals surface area contributed by atoms with Gasteiger partial charge in [-0.15, -0.1) is 0 Å². The lowest BCUT2D eigenvalue weighted by atomic mass is 9.89. The summed E-state index contributed by atoms with van der Waals surface area (Å²) in [5.74, 6) is -1.10. The van der Waals surface area contributed by atoms with Crippen molar-refractivity contribution in [3.63, 3.8) is 0 Å². The Bertz CT molecular complexity index is 528. The van der Waals surface area contributed by atoms with Crippen molar-refractivity contribution in [3.05, 3.63) is 35.4 Å². The second-order valence-corrected chi connectivity index (χ2v) is 5.65. The second kappa shape index (κ2) is 6.72. The molecule has 0 bridgehead atoms. The minimum atomic E-state index is -0.879. The van der Waals surface area contributed by atoms with Crippen molar-refractivity contribution >= 4 is 11.9 Å². The molecule has 0 spiro atoms. The van der Waals surface area contributed by atoms with E-state index in [0.29, 0.717) is 6.54 Å². The van der Waals surface area contributed by atoms with Crippen LogP contribution in [0.25, 0.3) is 0 Å². The minimum Gasteiger partial charge on any atom is -0.481 e. The highest BCUT2D eigenvalue weighted by Crippen LogP contribution is 2.26. The fraction of sp³-hybridized carbons (Fsp3) is 0.500. The third kappa shape index (κ3) is 3.61. The predicted molar refractivity (Wildman–Crippen MR) is 80.0 cm³/mol. The number of nitrogens with zero attached hydrogens (tertiary/aromatic N) is 1.